The quantitative estimate of drug-likeness (QED) is 0.589. The van der Waals surface area contributed by atoms with Crippen molar-refractivity contribution in [2.75, 3.05) is 32.7 Å². The van der Waals surface area contributed by atoms with Crippen LogP contribution in [0.15, 0.2) is 91.0 Å². The average molecular weight is 427 g/mol. The zero-order chi connectivity index (χ0) is 21.8. The number of hydrogen-bond acceptors (Lipinski definition) is 3. The number of nitrogens with zero attached hydrogens (tertiary/aromatic N) is 2. The molecular weight excluding hydrogens is 392 g/mol. The first kappa shape index (κ1) is 21.4. The second kappa shape index (κ2) is 9.58. The Morgan fingerprint density at radius 3 is 2.06 bits per heavy atom. The molecule has 0 bridgehead atoms. The molecule has 2 aliphatic heterocycles. The highest BCUT2D eigenvalue weighted by Crippen LogP contribution is 2.50. The third-order valence-electron chi connectivity index (χ3n) is 7.59. The van der Waals surface area contributed by atoms with E-state index in [1.807, 2.05) is 6.07 Å². The van der Waals surface area contributed by atoms with Gasteiger partial charge in [0.05, 0.1) is 6.10 Å². The molecule has 2 aliphatic rings. The van der Waals surface area contributed by atoms with Crippen molar-refractivity contribution in [3.05, 3.63) is 108 Å². The van der Waals surface area contributed by atoms with Gasteiger partial charge in [-0.3, -0.25) is 4.90 Å². The van der Waals surface area contributed by atoms with E-state index < -0.39 is 6.10 Å². The van der Waals surface area contributed by atoms with E-state index in [-0.39, 0.29) is 5.41 Å². The molecule has 0 spiro atoms. The topological polar surface area (TPSA) is 26.7 Å². The van der Waals surface area contributed by atoms with E-state index in [2.05, 4.69) is 94.7 Å². The molecule has 0 saturated carbocycles. The van der Waals surface area contributed by atoms with Crippen molar-refractivity contribution in [3.8, 4) is 0 Å². The SMILES string of the molecule is OC(c1ccccc1)C12CN(CCc3ccccc3)CCC1CN(Cc1ccccc1)C2. The summed E-state index contributed by atoms with van der Waals surface area (Å²) in [4.78, 5) is 5.18. The van der Waals surface area contributed by atoms with E-state index in [0.717, 1.165) is 57.7 Å². The lowest BCUT2D eigenvalue weighted by molar-refractivity contribution is -0.0512. The number of fused-ring (bicyclic) bond motifs is 1. The zero-order valence-electron chi connectivity index (χ0n) is 18.8. The first-order chi connectivity index (χ1) is 15.7. The minimum atomic E-state index is -0.436. The van der Waals surface area contributed by atoms with Gasteiger partial charge < -0.3 is 10.0 Å². The number of rotatable bonds is 7. The lowest BCUT2D eigenvalue weighted by Crippen LogP contribution is -2.52. The van der Waals surface area contributed by atoms with Crippen LogP contribution in [0, 0.1) is 11.3 Å². The molecule has 3 aromatic rings. The van der Waals surface area contributed by atoms with Crippen LogP contribution in [-0.4, -0.2) is 47.6 Å². The molecule has 2 heterocycles. The highest BCUT2D eigenvalue weighted by molar-refractivity contribution is 5.23. The van der Waals surface area contributed by atoms with Gasteiger partial charge in [0.1, 0.15) is 0 Å². The molecule has 0 radical (unpaired) electrons. The summed E-state index contributed by atoms with van der Waals surface area (Å²) < 4.78 is 0. The van der Waals surface area contributed by atoms with Gasteiger partial charge in [-0.2, -0.15) is 0 Å². The molecule has 2 saturated heterocycles. The molecule has 3 atom stereocenters. The summed E-state index contributed by atoms with van der Waals surface area (Å²) in [6.07, 6.45) is 1.79. The Kier molecular flexibility index (Phi) is 6.40. The van der Waals surface area contributed by atoms with Crippen molar-refractivity contribution in [2.24, 2.45) is 11.3 Å². The first-order valence-electron chi connectivity index (χ1n) is 12.0. The maximum absolute atomic E-state index is 11.7. The number of benzene rings is 3. The fourth-order valence-electron chi connectivity index (χ4n) is 5.94. The third-order valence-corrected chi connectivity index (χ3v) is 7.59. The molecule has 3 nitrogen and oxygen atoms in total. The molecular formula is C29H34N2O. The number of aliphatic hydroxyl groups is 1. The largest absolute Gasteiger partial charge is 0.388 e. The number of aliphatic hydroxyl groups excluding tert-OH is 1. The Labute approximate surface area is 192 Å². The molecule has 32 heavy (non-hydrogen) atoms. The summed E-state index contributed by atoms with van der Waals surface area (Å²) in [6, 6.07) is 31.9. The molecule has 0 aliphatic carbocycles. The van der Waals surface area contributed by atoms with Gasteiger partial charge in [-0.15, -0.1) is 0 Å². The third kappa shape index (κ3) is 4.52. The maximum Gasteiger partial charge on any atom is 0.0873 e. The van der Waals surface area contributed by atoms with Crippen molar-refractivity contribution in [2.45, 2.75) is 25.5 Å². The monoisotopic (exact) mass is 426 g/mol. The van der Waals surface area contributed by atoms with Crippen LogP contribution in [-0.2, 0) is 13.0 Å². The summed E-state index contributed by atoms with van der Waals surface area (Å²) in [6.45, 7) is 6.13. The van der Waals surface area contributed by atoms with Crippen LogP contribution in [0.2, 0.25) is 0 Å². The zero-order valence-corrected chi connectivity index (χ0v) is 18.8. The Balaban J connectivity index is 1.36. The van der Waals surface area contributed by atoms with Gasteiger partial charge in [0, 0.05) is 38.1 Å². The minimum absolute atomic E-state index is 0.120. The van der Waals surface area contributed by atoms with Crippen LogP contribution >= 0.6 is 0 Å². The van der Waals surface area contributed by atoms with E-state index in [1.54, 1.807) is 0 Å². The van der Waals surface area contributed by atoms with Crippen LogP contribution in [0.1, 0.15) is 29.2 Å². The average Bonchev–Trinajstić information content (AvgIpc) is 3.22. The Morgan fingerprint density at radius 2 is 1.38 bits per heavy atom. The van der Waals surface area contributed by atoms with Crippen molar-refractivity contribution in [1.29, 1.82) is 0 Å². The summed E-state index contributed by atoms with van der Waals surface area (Å²) in [7, 11) is 0. The minimum Gasteiger partial charge on any atom is -0.388 e. The summed E-state index contributed by atoms with van der Waals surface area (Å²) in [5.74, 6) is 0.523. The maximum atomic E-state index is 11.7. The van der Waals surface area contributed by atoms with E-state index in [0.29, 0.717) is 5.92 Å². The lowest BCUT2D eigenvalue weighted by Gasteiger charge is -2.47. The first-order valence-corrected chi connectivity index (χ1v) is 12.0. The van der Waals surface area contributed by atoms with Gasteiger partial charge >= 0.3 is 0 Å². The van der Waals surface area contributed by atoms with Crippen molar-refractivity contribution in [1.82, 2.24) is 9.80 Å². The van der Waals surface area contributed by atoms with Crippen molar-refractivity contribution >= 4 is 0 Å². The van der Waals surface area contributed by atoms with Crippen LogP contribution in [0.3, 0.4) is 0 Å². The summed E-state index contributed by atoms with van der Waals surface area (Å²) >= 11 is 0. The van der Waals surface area contributed by atoms with E-state index in [4.69, 9.17) is 0 Å². The fourth-order valence-corrected chi connectivity index (χ4v) is 5.94. The van der Waals surface area contributed by atoms with Crippen molar-refractivity contribution < 1.29 is 5.11 Å². The Bertz CT molecular complexity index is 978. The van der Waals surface area contributed by atoms with Crippen LogP contribution in [0.5, 0.6) is 0 Å². The van der Waals surface area contributed by atoms with Crippen LogP contribution in [0.25, 0.3) is 0 Å². The molecule has 0 amide bonds. The summed E-state index contributed by atoms with van der Waals surface area (Å²) in [5, 5.41) is 11.7. The molecule has 1 N–H and O–H groups in total. The van der Waals surface area contributed by atoms with Gasteiger partial charge in [0.2, 0.25) is 0 Å². The second-order valence-corrected chi connectivity index (χ2v) is 9.70. The normalized spacial score (nSPS) is 24.8. The molecule has 2 fully saturated rings. The van der Waals surface area contributed by atoms with Crippen LogP contribution in [0.4, 0.5) is 0 Å². The van der Waals surface area contributed by atoms with E-state index in [1.165, 1.54) is 11.1 Å². The molecule has 3 unspecified atom stereocenters. The standard InChI is InChI=1S/C29H34N2O/c32-28(26-14-8-3-9-15-26)29-22-30(18-16-24-10-4-1-5-11-24)19-17-27(29)21-31(23-29)20-25-12-6-2-7-13-25/h1-15,27-28,32H,16-23H2. The molecule has 3 heteroatoms. The van der Waals surface area contributed by atoms with Crippen molar-refractivity contribution in [3.63, 3.8) is 0 Å². The predicted octanol–water partition coefficient (Wildman–Crippen LogP) is 4.79. The highest BCUT2D eigenvalue weighted by Gasteiger charge is 2.53. The van der Waals surface area contributed by atoms with Gasteiger partial charge in [0.25, 0.3) is 0 Å². The smallest absolute Gasteiger partial charge is 0.0873 e. The molecule has 3 aromatic carbocycles. The molecule has 166 valence electrons. The number of piperidine rings is 1. The predicted molar refractivity (Wildman–Crippen MR) is 130 cm³/mol. The van der Waals surface area contributed by atoms with E-state index >= 15 is 0 Å². The highest BCUT2D eigenvalue weighted by atomic mass is 16.3. The number of likely N-dealkylation sites (tertiary alicyclic amines) is 2. The van der Waals surface area contributed by atoms with Gasteiger partial charge in [-0.25, -0.2) is 0 Å². The fraction of sp³-hybridized carbons (Fsp3) is 0.379. The molecule has 0 aromatic heterocycles. The van der Waals surface area contributed by atoms with Gasteiger partial charge in [-0.1, -0.05) is 91.0 Å². The Hall–Kier alpha value is -2.46. The second-order valence-electron chi connectivity index (χ2n) is 9.70. The van der Waals surface area contributed by atoms with Gasteiger partial charge in [-0.05, 0) is 42.0 Å². The molecule has 5 rings (SSSR count). The van der Waals surface area contributed by atoms with Crippen LogP contribution < -0.4 is 0 Å². The van der Waals surface area contributed by atoms with E-state index in [9.17, 15) is 5.11 Å². The summed E-state index contributed by atoms with van der Waals surface area (Å²) in [5.41, 5.74) is 3.69. The number of hydrogen-bond donors (Lipinski definition) is 1. The van der Waals surface area contributed by atoms with Gasteiger partial charge in [0.15, 0.2) is 0 Å². The lowest BCUT2D eigenvalue weighted by atomic mass is 9.67. The Morgan fingerprint density at radius 1 is 0.781 bits per heavy atom.